The molecule has 0 aliphatic carbocycles. The van der Waals surface area contributed by atoms with Crippen molar-refractivity contribution in [1.29, 1.82) is 0 Å². The van der Waals surface area contributed by atoms with Gasteiger partial charge in [-0.3, -0.25) is 0 Å². The summed E-state index contributed by atoms with van der Waals surface area (Å²) >= 11 is 0. The minimum Gasteiger partial charge on any atom is -0.497 e. The van der Waals surface area contributed by atoms with Crippen molar-refractivity contribution in [3.8, 4) is 17.6 Å². The Bertz CT molecular complexity index is 279. The fourth-order valence-corrected chi connectivity index (χ4v) is 0.819. The van der Waals surface area contributed by atoms with E-state index in [2.05, 4.69) is 11.8 Å². The largest absolute Gasteiger partial charge is 0.497 e. The van der Waals surface area contributed by atoms with E-state index in [0.29, 0.717) is 0 Å². The smallest absolute Gasteiger partial charge is 0.118 e. The molecule has 0 heterocycles. The molecule has 0 bridgehead atoms. The van der Waals surface area contributed by atoms with Gasteiger partial charge in [-0.1, -0.05) is 5.92 Å². The van der Waals surface area contributed by atoms with Crippen molar-refractivity contribution in [3.05, 3.63) is 29.8 Å². The quantitative estimate of drug-likeness (QED) is 0.508. The number of methoxy groups -OCH3 is 1. The van der Waals surface area contributed by atoms with Crippen molar-refractivity contribution in [2.24, 2.45) is 0 Å². The predicted molar refractivity (Wildman–Crippen MR) is 45.5 cm³/mol. The van der Waals surface area contributed by atoms with Crippen LogP contribution >= 0.6 is 0 Å². The fourth-order valence-electron chi connectivity index (χ4n) is 0.819. The molecule has 1 aromatic carbocycles. The van der Waals surface area contributed by atoms with Crippen LogP contribution in [-0.4, -0.2) is 7.11 Å². The van der Waals surface area contributed by atoms with Crippen LogP contribution in [0, 0.1) is 11.8 Å². The summed E-state index contributed by atoms with van der Waals surface area (Å²) in [4.78, 5) is 0. The number of hydrogen-bond acceptors (Lipinski definition) is 1. The molecule has 0 aliphatic rings. The van der Waals surface area contributed by atoms with Gasteiger partial charge in [-0.2, -0.15) is 0 Å². The topological polar surface area (TPSA) is 9.23 Å². The summed E-state index contributed by atoms with van der Waals surface area (Å²) in [6.45, 7) is 1.82. The van der Waals surface area contributed by atoms with Gasteiger partial charge in [-0.15, -0.1) is 5.92 Å². The molecule has 1 radical (unpaired) electrons. The first kappa shape index (κ1) is 11.1. The van der Waals surface area contributed by atoms with E-state index in [1.54, 1.807) is 7.11 Å². The van der Waals surface area contributed by atoms with Crippen molar-refractivity contribution in [1.82, 2.24) is 0 Å². The molecule has 0 unspecified atom stereocenters. The normalized spacial score (nSPS) is 7.50. The van der Waals surface area contributed by atoms with Gasteiger partial charge in [0.25, 0.3) is 0 Å². The monoisotopic (exact) mass is 209 g/mol. The van der Waals surface area contributed by atoms with Crippen LogP contribution in [0.4, 0.5) is 0 Å². The van der Waals surface area contributed by atoms with Crippen LogP contribution in [0.25, 0.3) is 0 Å². The van der Waals surface area contributed by atoms with E-state index >= 15 is 0 Å². The molecule has 0 amide bonds. The summed E-state index contributed by atoms with van der Waals surface area (Å²) < 4.78 is 5.00. The summed E-state index contributed by atoms with van der Waals surface area (Å²) in [6.07, 6.45) is 0. The number of benzene rings is 1. The van der Waals surface area contributed by atoms with Crippen LogP contribution in [0.2, 0.25) is 0 Å². The first-order valence-corrected chi connectivity index (χ1v) is 3.43. The van der Waals surface area contributed by atoms with E-state index in [1.807, 2.05) is 31.2 Å². The Kier molecular flexibility index (Phi) is 5.28. The summed E-state index contributed by atoms with van der Waals surface area (Å²) in [5.41, 5.74) is 1.02. The van der Waals surface area contributed by atoms with Crippen LogP contribution in [0.3, 0.4) is 0 Å². The standard InChI is InChI=1S/C10H10O.Cu/c1-3-4-9-5-7-10(11-2)8-6-9;/h5-8H,1-2H3;. The molecular weight excluding hydrogens is 200 g/mol. The molecule has 12 heavy (non-hydrogen) atoms. The zero-order valence-corrected chi connectivity index (χ0v) is 7.96. The van der Waals surface area contributed by atoms with Gasteiger partial charge < -0.3 is 4.74 Å². The molecule has 0 saturated carbocycles. The van der Waals surface area contributed by atoms with E-state index in [0.717, 1.165) is 11.3 Å². The summed E-state index contributed by atoms with van der Waals surface area (Å²) in [5, 5.41) is 0. The Balaban J connectivity index is 0.00000121. The number of hydrogen-bond donors (Lipinski definition) is 0. The molecule has 0 aliphatic heterocycles. The van der Waals surface area contributed by atoms with Crippen LogP contribution in [0.5, 0.6) is 5.75 Å². The average molecular weight is 210 g/mol. The van der Waals surface area contributed by atoms with Gasteiger partial charge in [0.2, 0.25) is 0 Å². The second kappa shape index (κ2) is 5.71. The molecule has 0 saturated heterocycles. The molecule has 67 valence electrons. The molecule has 0 N–H and O–H groups in total. The minimum atomic E-state index is 0. The van der Waals surface area contributed by atoms with E-state index in [-0.39, 0.29) is 17.1 Å². The van der Waals surface area contributed by atoms with Gasteiger partial charge in [0.1, 0.15) is 5.75 Å². The minimum absolute atomic E-state index is 0. The second-order valence-electron chi connectivity index (χ2n) is 2.10. The summed E-state index contributed by atoms with van der Waals surface area (Å²) in [5.74, 6) is 6.65. The Labute approximate surface area is 83.6 Å². The first-order chi connectivity index (χ1) is 5.36. The Hall–Kier alpha value is -0.901. The first-order valence-electron chi connectivity index (χ1n) is 3.43. The van der Waals surface area contributed by atoms with E-state index in [1.165, 1.54) is 0 Å². The maximum absolute atomic E-state index is 5.00. The molecule has 0 spiro atoms. The third-order valence-electron chi connectivity index (χ3n) is 1.36. The number of rotatable bonds is 1. The molecule has 0 aromatic heterocycles. The number of ether oxygens (including phenoxy) is 1. The van der Waals surface area contributed by atoms with Crippen LogP contribution in [0.15, 0.2) is 24.3 Å². The zero-order chi connectivity index (χ0) is 8.10. The van der Waals surface area contributed by atoms with Crippen molar-refractivity contribution in [3.63, 3.8) is 0 Å². The van der Waals surface area contributed by atoms with Gasteiger partial charge in [-0.25, -0.2) is 0 Å². The van der Waals surface area contributed by atoms with Crippen molar-refractivity contribution in [2.75, 3.05) is 7.11 Å². The molecule has 0 atom stereocenters. The van der Waals surface area contributed by atoms with Gasteiger partial charge >= 0.3 is 0 Å². The van der Waals surface area contributed by atoms with Crippen LogP contribution in [-0.2, 0) is 17.1 Å². The van der Waals surface area contributed by atoms with E-state index in [9.17, 15) is 0 Å². The maximum atomic E-state index is 5.00. The molecule has 1 aromatic rings. The van der Waals surface area contributed by atoms with Crippen LogP contribution < -0.4 is 4.74 Å². The van der Waals surface area contributed by atoms with Gasteiger partial charge in [0.15, 0.2) is 0 Å². The molecular formula is C10H10CuO. The summed E-state index contributed by atoms with van der Waals surface area (Å²) in [6, 6.07) is 7.68. The Morgan fingerprint density at radius 2 is 1.75 bits per heavy atom. The fraction of sp³-hybridized carbons (Fsp3) is 0.200. The molecule has 2 heteroatoms. The molecule has 1 rings (SSSR count). The molecule has 0 fully saturated rings. The second-order valence-corrected chi connectivity index (χ2v) is 2.10. The summed E-state index contributed by atoms with van der Waals surface area (Å²) in [7, 11) is 1.65. The average Bonchev–Trinajstić information content (AvgIpc) is 2.07. The van der Waals surface area contributed by atoms with E-state index < -0.39 is 0 Å². The van der Waals surface area contributed by atoms with Crippen LogP contribution in [0.1, 0.15) is 12.5 Å². The third-order valence-corrected chi connectivity index (χ3v) is 1.36. The Morgan fingerprint density at radius 3 is 2.17 bits per heavy atom. The molecule has 1 nitrogen and oxygen atoms in total. The van der Waals surface area contributed by atoms with Gasteiger partial charge in [0.05, 0.1) is 7.11 Å². The van der Waals surface area contributed by atoms with Crippen molar-refractivity contribution < 1.29 is 21.8 Å². The predicted octanol–water partition coefficient (Wildman–Crippen LogP) is 2.06. The maximum Gasteiger partial charge on any atom is 0.118 e. The zero-order valence-electron chi connectivity index (χ0n) is 7.02. The van der Waals surface area contributed by atoms with Crippen molar-refractivity contribution in [2.45, 2.75) is 6.92 Å². The van der Waals surface area contributed by atoms with E-state index in [4.69, 9.17) is 4.74 Å². The Morgan fingerprint density at radius 1 is 1.17 bits per heavy atom. The van der Waals surface area contributed by atoms with Crippen molar-refractivity contribution >= 4 is 0 Å². The SMILES string of the molecule is CC#Cc1ccc(OC)cc1.[Cu]. The third kappa shape index (κ3) is 3.00. The van der Waals surface area contributed by atoms with Gasteiger partial charge in [-0.05, 0) is 31.2 Å². The van der Waals surface area contributed by atoms with Gasteiger partial charge in [0, 0.05) is 22.6 Å².